The Balaban J connectivity index is 2.87. The van der Waals surface area contributed by atoms with E-state index < -0.39 is 8.24 Å². The molecule has 1 aliphatic heterocycles. The summed E-state index contributed by atoms with van der Waals surface area (Å²) in [5, 5.41) is 0. The van der Waals surface area contributed by atoms with Crippen LogP contribution in [0.3, 0.4) is 0 Å². The van der Waals surface area contributed by atoms with Crippen LogP contribution in [-0.2, 0) is 9.53 Å². The summed E-state index contributed by atoms with van der Waals surface area (Å²) in [6.07, 6.45) is 2.13. The predicted molar refractivity (Wildman–Crippen MR) is 68.9 cm³/mol. The molecule has 1 aliphatic rings. The average molecular weight is 243 g/mol. The molecule has 16 heavy (non-hydrogen) atoms. The van der Waals surface area contributed by atoms with Crippen molar-refractivity contribution in [2.45, 2.75) is 57.8 Å². The maximum Gasteiger partial charge on any atom is 0.322 e. The number of ether oxygens (including phenoxy) is 1. The number of esters is 1. The van der Waals surface area contributed by atoms with Gasteiger partial charge in [0.25, 0.3) is 0 Å². The highest BCUT2D eigenvalue weighted by atomic mass is 28.3. The Kier molecular flexibility index (Phi) is 4.99. The van der Waals surface area contributed by atoms with Gasteiger partial charge in [0.1, 0.15) is 14.3 Å². The summed E-state index contributed by atoms with van der Waals surface area (Å²) >= 11 is 0. The summed E-state index contributed by atoms with van der Waals surface area (Å²) in [6, 6.07) is 3.78. The van der Waals surface area contributed by atoms with Crippen LogP contribution in [0.4, 0.5) is 0 Å². The van der Waals surface area contributed by atoms with Crippen molar-refractivity contribution in [1.29, 1.82) is 0 Å². The maximum atomic E-state index is 11.8. The zero-order valence-electron chi connectivity index (χ0n) is 11.1. The predicted octanol–water partition coefficient (Wildman–Crippen LogP) is 2.63. The van der Waals surface area contributed by atoms with Gasteiger partial charge in [-0.05, 0) is 37.5 Å². The first-order valence-electron chi connectivity index (χ1n) is 6.49. The smallest absolute Gasteiger partial charge is 0.322 e. The van der Waals surface area contributed by atoms with E-state index in [0.29, 0.717) is 0 Å². The van der Waals surface area contributed by atoms with Crippen LogP contribution in [0.1, 0.15) is 33.6 Å². The zero-order valence-corrected chi connectivity index (χ0v) is 12.1. The van der Waals surface area contributed by atoms with Crippen molar-refractivity contribution in [3.8, 4) is 0 Å². The largest absolute Gasteiger partial charge is 0.468 e. The van der Waals surface area contributed by atoms with Gasteiger partial charge in [0.05, 0.1) is 7.11 Å². The molecule has 0 spiro atoms. The molecule has 0 aromatic rings. The number of methoxy groups -OCH3 is 1. The fraction of sp³-hybridized carbons (Fsp3) is 0.917. The van der Waals surface area contributed by atoms with E-state index in [1.807, 2.05) is 0 Å². The molecule has 1 rings (SSSR count). The number of rotatable bonds is 5. The molecule has 0 aromatic heterocycles. The molecule has 0 bridgehead atoms. The molecule has 1 fully saturated rings. The molecule has 0 aliphatic carbocycles. The van der Waals surface area contributed by atoms with Gasteiger partial charge in [0, 0.05) is 0 Å². The second-order valence-corrected chi connectivity index (χ2v) is 9.80. The van der Waals surface area contributed by atoms with Crippen molar-refractivity contribution >= 4 is 14.2 Å². The lowest BCUT2D eigenvalue weighted by molar-refractivity contribution is -0.144. The lowest BCUT2D eigenvalue weighted by Gasteiger charge is -2.41. The molecule has 0 radical (unpaired) electrons. The molecule has 0 unspecified atom stereocenters. The van der Waals surface area contributed by atoms with E-state index in [1.165, 1.54) is 25.2 Å². The van der Waals surface area contributed by atoms with Crippen molar-refractivity contribution in [1.82, 2.24) is 4.57 Å². The van der Waals surface area contributed by atoms with Crippen molar-refractivity contribution < 1.29 is 9.53 Å². The van der Waals surface area contributed by atoms with Gasteiger partial charge in [-0.15, -0.1) is 0 Å². The third kappa shape index (κ3) is 2.32. The third-order valence-electron chi connectivity index (χ3n) is 4.31. The molecule has 1 atom stereocenters. The summed E-state index contributed by atoms with van der Waals surface area (Å²) in [7, 11) is 0.112. The molecule has 0 N–H and O–H groups in total. The minimum absolute atomic E-state index is 0.0234. The second kappa shape index (κ2) is 5.82. The lowest BCUT2D eigenvalue weighted by atomic mass is 10.2. The van der Waals surface area contributed by atoms with Crippen LogP contribution < -0.4 is 0 Å². The van der Waals surface area contributed by atoms with Crippen LogP contribution in [0.25, 0.3) is 0 Å². The van der Waals surface area contributed by atoms with E-state index in [2.05, 4.69) is 25.3 Å². The fourth-order valence-electron chi connectivity index (χ4n) is 3.07. The Bertz CT molecular complexity index is 233. The first-order valence-corrected chi connectivity index (χ1v) is 9.06. The lowest BCUT2D eigenvalue weighted by Crippen LogP contribution is -2.56. The summed E-state index contributed by atoms with van der Waals surface area (Å²) in [4.78, 5) is 11.8. The number of hydrogen-bond acceptors (Lipinski definition) is 3. The summed E-state index contributed by atoms with van der Waals surface area (Å²) in [6.45, 7) is 7.95. The minimum atomic E-state index is -1.39. The maximum absolute atomic E-state index is 11.8. The van der Waals surface area contributed by atoms with Crippen LogP contribution in [0, 0.1) is 0 Å². The minimum Gasteiger partial charge on any atom is -0.468 e. The molecular weight excluding hydrogens is 218 g/mol. The van der Waals surface area contributed by atoms with E-state index in [1.54, 1.807) is 0 Å². The topological polar surface area (TPSA) is 29.5 Å². The molecule has 3 nitrogen and oxygen atoms in total. The summed E-state index contributed by atoms with van der Waals surface area (Å²) < 4.78 is 7.46. The summed E-state index contributed by atoms with van der Waals surface area (Å²) in [5.41, 5.74) is 0. The Morgan fingerprint density at radius 1 is 1.31 bits per heavy atom. The van der Waals surface area contributed by atoms with E-state index >= 15 is 0 Å². The van der Waals surface area contributed by atoms with Gasteiger partial charge in [-0.25, -0.2) is 0 Å². The number of nitrogens with zero attached hydrogens (tertiary/aromatic N) is 1. The number of carbonyl (C=O) groups is 1. The standard InChI is InChI=1S/C12H25NO2Si/c1-5-16(6-2,7-3)13-10-8-9-11(13)12(14)15-4/h11H,5-10H2,1-4H3/t11-/m0/s1. The van der Waals surface area contributed by atoms with Gasteiger partial charge in [0.2, 0.25) is 0 Å². The van der Waals surface area contributed by atoms with Crippen molar-refractivity contribution in [3.63, 3.8) is 0 Å². The van der Waals surface area contributed by atoms with Gasteiger partial charge in [-0.1, -0.05) is 20.8 Å². The second-order valence-electron chi connectivity index (χ2n) is 4.66. The van der Waals surface area contributed by atoms with Crippen molar-refractivity contribution in [3.05, 3.63) is 0 Å². The highest BCUT2D eigenvalue weighted by Crippen LogP contribution is 2.32. The average Bonchev–Trinajstić information content (AvgIpc) is 2.81. The van der Waals surface area contributed by atoms with E-state index in [4.69, 9.17) is 4.74 Å². The molecule has 1 saturated heterocycles. The molecule has 4 heteroatoms. The first-order chi connectivity index (χ1) is 7.65. The van der Waals surface area contributed by atoms with E-state index in [-0.39, 0.29) is 12.0 Å². The zero-order chi connectivity index (χ0) is 12.2. The van der Waals surface area contributed by atoms with Crippen molar-refractivity contribution in [2.75, 3.05) is 13.7 Å². The highest BCUT2D eigenvalue weighted by molar-refractivity contribution is 6.77. The van der Waals surface area contributed by atoms with Crippen molar-refractivity contribution in [2.24, 2.45) is 0 Å². The van der Waals surface area contributed by atoms with E-state index in [0.717, 1.165) is 19.4 Å². The van der Waals surface area contributed by atoms with Crippen LogP contribution >= 0.6 is 0 Å². The molecule has 0 saturated carbocycles. The van der Waals surface area contributed by atoms with Gasteiger partial charge >= 0.3 is 5.97 Å². The van der Waals surface area contributed by atoms with Gasteiger partial charge in [-0.3, -0.25) is 4.79 Å². The molecule has 1 heterocycles. The van der Waals surface area contributed by atoms with Gasteiger partial charge < -0.3 is 9.30 Å². The Morgan fingerprint density at radius 3 is 2.31 bits per heavy atom. The molecular formula is C12H25NO2Si. The third-order valence-corrected chi connectivity index (χ3v) is 10.0. The highest BCUT2D eigenvalue weighted by Gasteiger charge is 2.44. The SMILES string of the molecule is CC[Si](CC)(CC)N1CCC[C@H]1C(=O)OC. The Hall–Kier alpha value is -0.353. The van der Waals surface area contributed by atoms with E-state index in [9.17, 15) is 4.79 Å². The normalized spacial score (nSPS) is 22.4. The molecule has 0 amide bonds. The van der Waals surface area contributed by atoms with Crippen LogP contribution in [0.2, 0.25) is 18.1 Å². The molecule has 94 valence electrons. The number of carbonyl (C=O) groups excluding carboxylic acids is 1. The fourth-order valence-corrected chi connectivity index (χ4v) is 7.32. The van der Waals surface area contributed by atoms with Crippen LogP contribution in [0.5, 0.6) is 0 Å². The Morgan fingerprint density at radius 2 is 1.88 bits per heavy atom. The van der Waals surface area contributed by atoms with Crippen LogP contribution in [-0.4, -0.2) is 38.5 Å². The quantitative estimate of drug-likeness (QED) is 0.549. The first kappa shape index (κ1) is 13.7. The Labute approximate surface area is 100 Å². The number of hydrogen-bond donors (Lipinski definition) is 0. The molecule has 0 aromatic carbocycles. The summed E-state index contributed by atoms with van der Waals surface area (Å²) in [5.74, 6) is -0.0234. The monoisotopic (exact) mass is 243 g/mol. The van der Waals surface area contributed by atoms with Gasteiger partial charge in [0.15, 0.2) is 0 Å². The van der Waals surface area contributed by atoms with Crippen LogP contribution in [0.15, 0.2) is 0 Å². The van der Waals surface area contributed by atoms with Gasteiger partial charge in [-0.2, -0.15) is 0 Å².